The molecule has 1 aliphatic heterocycles. The quantitative estimate of drug-likeness (QED) is 0.674. The Morgan fingerprint density at radius 1 is 1.36 bits per heavy atom. The van der Waals surface area contributed by atoms with Gasteiger partial charge in [-0.05, 0) is 11.6 Å². The number of hydrogen-bond donors (Lipinski definition) is 2. The molecule has 1 aromatic heterocycles. The van der Waals surface area contributed by atoms with Crippen LogP contribution in [0, 0.1) is 0 Å². The van der Waals surface area contributed by atoms with Crippen molar-refractivity contribution in [1.82, 2.24) is 9.88 Å². The number of nitrogens with zero attached hydrogens (tertiary/aromatic N) is 2. The Morgan fingerprint density at radius 3 is 2.64 bits per heavy atom. The Kier molecular flexibility index (Phi) is 2.77. The first-order valence-electron chi connectivity index (χ1n) is 4.73. The van der Waals surface area contributed by atoms with Crippen LogP contribution >= 0.6 is 0 Å². The van der Waals surface area contributed by atoms with Gasteiger partial charge in [-0.2, -0.15) is 0 Å². The van der Waals surface area contributed by atoms with Crippen molar-refractivity contribution in [1.29, 1.82) is 0 Å². The van der Waals surface area contributed by atoms with Crippen LogP contribution in [0.15, 0.2) is 24.5 Å². The van der Waals surface area contributed by atoms with E-state index in [-0.39, 0.29) is 0 Å². The van der Waals surface area contributed by atoms with Gasteiger partial charge >= 0.3 is 0 Å². The molecule has 1 aliphatic rings. The van der Waals surface area contributed by atoms with Crippen molar-refractivity contribution in [2.75, 3.05) is 13.1 Å². The Bertz CT molecular complexity index is 281. The average molecular weight is 194 g/mol. The number of aliphatic hydroxyl groups is 2. The topological polar surface area (TPSA) is 56.6 Å². The molecule has 0 aliphatic carbocycles. The summed E-state index contributed by atoms with van der Waals surface area (Å²) in [7, 11) is 0. The molecule has 4 nitrogen and oxygen atoms in total. The van der Waals surface area contributed by atoms with E-state index in [1.807, 2.05) is 17.0 Å². The Morgan fingerprint density at radius 2 is 2.07 bits per heavy atom. The van der Waals surface area contributed by atoms with E-state index >= 15 is 0 Å². The average Bonchev–Trinajstić information content (AvgIpc) is 2.47. The number of aliphatic hydroxyl groups excluding tert-OH is 2. The Balaban J connectivity index is 1.94. The molecule has 0 unspecified atom stereocenters. The van der Waals surface area contributed by atoms with Crippen molar-refractivity contribution in [2.24, 2.45) is 0 Å². The number of rotatable bonds is 2. The molecule has 2 rings (SSSR count). The minimum absolute atomic E-state index is 0.538. The van der Waals surface area contributed by atoms with Crippen molar-refractivity contribution in [3.8, 4) is 0 Å². The minimum Gasteiger partial charge on any atom is -0.389 e. The lowest BCUT2D eigenvalue weighted by Gasteiger charge is -2.13. The van der Waals surface area contributed by atoms with Crippen LogP contribution in [0.1, 0.15) is 5.56 Å². The van der Waals surface area contributed by atoms with Crippen LogP contribution in [0.25, 0.3) is 0 Å². The number of likely N-dealkylation sites (tertiary alicyclic amines) is 1. The fraction of sp³-hybridized carbons (Fsp3) is 0.500. The molecule has 2 heterocycles. The standard InChI is InChI=1S/C10H14N2O2/c13-9-6-12(7-10(9)14)5-8-2-1-3-11-4-8/h1-4,9-10,13-14H,5-7H2/t9-,10+. The van der Waals surface area contributed by atoms with Crippen LogP contribution in [0.4, 0.5) is 0 Å². The third-order valence-electron chi connectivity index (χ3n) is 2.46. The van der Waals surface area contributed by atoms with Gasteiger partial charge in [-0.1, -0.05) is 6.07 Å². The lowest BCUT2D eigenvalue weighted by atomic mass is 10.3. The second-order valence-corrected chi connectivity index (χ2v) is 3.69. The number of pyridine rings is 1. The molecule has 14 heavy (non-hydrogen) atoms. The third-order valence-corrected chi connectivity index (χ3v) is 2.46. The van der Waals surface area contributed by atoms with Gasteiger partial charge in [0.05, 0.1) is 12.2 Å². The van der Waals surface area contributed by atoms with Crippen LogP contribution in [0.3, 0.4) is 0 Å². The van der Waals surface area contributed by atoms with Gasteiger partial charge in [-0.25, -0.2) is 0 Å². The molecule has 0 saturated carbocycles. The summed E-state index contributed by atoms with van der Waals surface area (Å²) in [6, 6.07) is 3.88. The minimum atomic E-state index is -0.605. The fourth-order valence-electron chi connectivity index (χ4n) is 1.73. The van der Waals surface area contributed by atoms with Gasteiger partial charge in [0.15, 0.2) is 0 Å². The highest BCUT2D eigenvalue weighted by Crippen LogP contribution is 2.13. The highest BCUT2D eigenvalue weighted by Gasteiger charge is 2.29. The molecular formula is C10H14N2O2. The lowest BCUT2D eigenvalue weighted by molar-refractivity contribution is 0.0572. The van der Waals surface area contributed by atoms with Gasteiger partial charge in [0.25, 0.3) is 0 Å². The van der Waals surface area contributed by atoms with E-state index < -0.39 is 12.2 Å². The highest BCUT2D eigenvalue weighted by molar-refractivity contribution is 5.08. The summed E-state index contributed by atoms with van der Waals surface area (Å²) in [4.78, 5) is 6.03. The summed E-state index contributed by atoms with van der Waals surface area (Å²) in [6.45, 7) is 1.81. The largest absolute Gasteiger partial charge is 0.389 e. The number of hydrogen-bond acceptors (Lipinski definition) is 4. The van der Waals surface area contributed by atoms with Gasteiger partial charge in [-0.15, -0.1) is 0 Å². The van der Waals surface area contributed by atoms with Gasteiger partial charge in [-0.3, -0.25) is 9.88 Å². The first-order valence-corrected chi connectivity index (χ1v) is 4.73. The molecule has 4 heteroatoms. The van der Waals surface area contributed by atoms with Crippen LogP contribution < -0.4 is 0 Å². The van der Waals surface area contributed by atoms with Gasteiger partial charge < -0.3 is 10.2 Å². The monoisotopic (exact) mass is 194 g/mol. The van der Waals surface area contributed by atoms with E-state index in [1.165, 1.54) is 0 Å². The van der Waals surface area contributed by atoms with E-state index in [0.29, 0.717) is 13.1 Å². The molecular weight excluding hydrogens is 180 g/mol. The van der Waals surface area contributed by atoms with Crippen molar-refractivity contribution in [2.45, 2.75) is 18.8 Å². The zero-order valence-corrected chi connectivity index (χ0v) is 7.87. The van der Waals surface area contributed by atoms with E-state index in [2.05, 4.69) is 4.98 Å². The summed E-state index contributed by atoms with van der Waals surface area (Å²) in [5.74, 6) is 0. The van der Waals surface area contributed by atoms with E-state index in [9.17, 15) is 10.2 Å². The van der Waals surface area contributed by atoms with Gasteiger partial charge in [0, 0.05) is 32.0 Å². The van der Waals surface area contributed by atoms with Crippen LogP contribution in [0.2, 0.25) is 0 Å². The van der Waals surface area contributed by atoms with Crippen molar-refractivity contribution in [3.63, 3.8) is 0 Å². The molecule has 2 N–H and O–H groups in total. The molecule has 0 amide bonds. The molecule has 1 fully saturated rings. The Hall–Kier alpha value is -0.970. The fourth-order valence-corrected chi connectivity index (χ4v) is 1.73. The van der Waals surface area contributed by atoms with Crippen molar-refractivity contribution >= 4 is 0 Å². The second kappa shape index (κ2) is 4.04. The number of aromatic nitrogens is 1. The maximum Gasteiger partial charge on any atom is 0.0938 e. The Labute approximate surface area is 82.8 Å². The summed E-state index contributed by atoms with van der Waals surface area (Å²) in [5, 5.41) is 18.7. The first-order chi connectivity index (χ1) is 6.75. The van der Waals surface area contributed by atoms with Crippen LogP contribution in [0.5, 0.6) is 0 Å². The zero-order chi connectivity index (χ0) is 9.97. The summed E-state index contributed by atoms with van der Waals surface area (Å²) in [6.07, 6.45) is 2.33. The SMILES string of the molecule is O[C@@H]1CN(Cc2cccnc2)C[C@@H]1O. The number of β-amino-alcohol motifs (C(OH)–C–C–N with tert-alkyl or cyclic N) is 2. The molecule has 1 saturated heterocycles. The normalized spacial score (nSPS) is 28.1. The summed E-state index contributed by atoms with van der Waals surface area (Å²) >= 11 is 0. The summed E-state index contributed by atoms with van der Waals surface area (Å²) < 4.78 is 0. The summed E-state index contributed by atoms with van der Waals surface area (Å²) in [5.41, 5.74) is 1.11. The molecule has 2 atom stereocenters. The third kappa shape index (κ3) is 2.09. The van der Waals surface area contributed by atoms with Crippen molar-refractivity contribution < 1.29 is 10.2 Å². The molecule has 0 bridgehead atoms. The van der Waals surface area contributed by atoms with Crippen molar-refractivity contribution in [3.05, 3.63) is 30.1 Å². The van der Waals surface area contributed by atoms with Crippen LogP contribution in [-0.2, 0) is 6.54 Å². The maximum atomic E-state index is 9.34. The van der Waals surface area contributed by atoms with Gasteiger partial charge in [0.1, 0.15) is 0 Å². The molecule has 0 radical (unpaired) electrons. The lowest BCUT2D eigenvalue weighted by Crippen LogP contribution is -2.22. The van der Waals surface area contributed by atoms with E-state index in [4.69, 9.17) is 0 Å². The maximum absolute atomic E-state index is 9.34. The second-order valence-electron chi connectivity index (χ2n) is 3.69. The molecule has 76 valence electrons. The van der Waals surface area contributed by atoms with Gasteiger partial charge in [0.2, 0.25) is 0 Å². The molecule has 0 spiro atoms. The molecule has 0 aromatic carbocycles. The predicted octanol–water partition coefficient (Wildman–Crippen LogP) is -0.381. The predicted molar refractivity (Wildman–Crippen MR) is 51.5 cm³/mol. The smallest absolute Gasteiger partial charge is 0.0938 e. The van der Waals surface area contributed by atoms with E-state index in [1.54, 1.807) is 12.4 Å². The van der Waals surface area contributed by atoms with E-state index in [0.717, 1.165) is 12.1 Å². The molecule has 1 aromatic rings. The highest BCUT2D eigenvalue weighted by atomic mass is 16.3. The van der Waals surface area contributed by atoms with Crippen LogP contribution in [-0.4, -0.2) is 45.4 Å². The zero-order valence-electron chi connectivity index (χ0n) is 7.87. The first kappa shape index (κ1) is 9.58.